The fourth-order valence-corrected chi connectivity index (χ4v) is 2.00. The third kappa shape index (κ3) is 3.01. The van der Waals surface area contributed by atoms with Crippen LogP contribution < -0.4 is 5.32 Å². The number of hydrogen-bond acceptors (Lipinski definition) is 4. The lowest BCUT2D eigenvalue weighted by Gasteiger charge is -2.08. The zero-order valence-corrected chi connectivity index (χ0v) is 10.8. The predicted molar refractivity (Wildman–Crippen MR) is 70.4 cm³/mol. The van der Waals surface area contributed by atoms with Crippen LogP contribution in [0.4, 0.5) is 20.3 Å². The summed E-state index contributed by atoms with van der Waals surface area (Å²) in [5, 5.41) is 12.2. The summed E-state index contributed by atoms with van der Waals surface area (Å²) >= 11 is 1.32. The van der Waals surface area contributed by atoms with Gasteiger partial charge in [0.15, 0.2) is 0 Å². The van der Waals surface area contributed by atoms with Gasteiger partial charge in [-0.2, -0.15) is 5.26 Å². The van der Waals surface area contributed by atoms with Crippen molar-refractivity contribution in [3.05, 3.63) is 47.5 Å². The van der Waals surface area contributed by atoms with E-state index in [1.165, 1.54) is 17.8 Å². The second-order valence-corrected chi connectivity index (χ2v) is 4.41. The van der Waals surface area contributed by atoms with E-state index in [9.17, 15) is 8.78 Å². The van der Waals surface area contributed by atoms with E-state index >= 15 is 0 Å². The molecule has 0 unspecified atom stereocenters. The van der Waals surface area contributed by atoms with Crippen LogP contribution in [0, 0.1) is 23.0 Å². The monoisotopic (exact) mass is 277 g/mol. The number of thioether (sulfide) groups is 1. The molecule has 1 heterocycles. The summed E-state index contributed by atoms with van der Waals surface area (Å²) in [5.41, 5.74) is 0.586. The predicted octanol–water partition coefficient (Wildman–Crippen LogP) is 3.70. The number of hydrogen-bond donors (Lipinski definition) is 1. The number of nitriles is 1. The van der Waals surface area contributed by atoms with Crippen molar-refractivity contribution in [3.63, 3.8) is 0 Å². The number of nitrogens with one attached hydrogen (secondary N) is 1. The van der Waals surface area contributed by atoms with E-state index in [0.29, 0.717) is 16.4 Å². The van der Waals surface area contributed by atoms with E-state index in [4.69, 9.17) is 5.26 Å². The number of aromatic nitrogens is 1. The summed E-state index contributed by atoms with van der Waals surface area (Å²) in [6, 6.07) is 8.44. The molecule has 0 aliphatic heterocycles. The summed E-state index contributed by atoms with van der Waals surface area (Å²) < 4.78 is 26.3. The first kappa shape index (κ1) is 13.3. The Hall–Kier alpha value is -2.13. The second-order valence-electron chi connectivity index (χ2n) is 3.61. The van der Waals surface area contributed by atoms with Crippen LogP contribution in [0.15, 0.2) is 35.4 Å². The molecule has 0 fully saturated rings. The largest absolute Gasteiger partial charge is 0.338 e. The van der Waals surface area contributed by atoms with Crippen molar-refractivity contribution < 1.29 is 8.78 Å². The number of halogens is 2. The van der Waals surface area contributed by atoms with Crippen LogP contribution in [-0.2, 0) is 0 Å². The topological polar surface area (TPSA) is 48.7 Å². The van der Waals surface area contributed by atoms with Crippen molar-refractivity contribution in [2.24, 2.45) is 0 Å². The van der Waals surface area contributed by atoms with E-state index in [1.807, 2.05) is 6.07 Å². The summed E-state index contributed by atoms with van der Waals surface area (Å²) in [5.74, 6) is -0.939. The van der Waals surface area contributed by atoms with Gasteiger partial charge in [-0.15, -0.1) is 11.8 Å². The first-order valence-corrected chi connectivity index (χ1v) is 6.53. The van der Waals surface area contributed by atoms with Crippen LogP contribution >= 0.6 is 11.8 Å². The molecular formula is C13H9F2N3S. The lowest BCUT2D eigenvalue weighted by molar-refractivity contribution is 0.586. The SMILES string of the molecule is CSc1nc(Nc2ccc(F)cc2F)ccc1C#N. The molecule has 1 aromatic carbocycles. The van der Waals surface area contributed by atoms with E-state index in [1.54, 1.807) is 18.4 Å². The minimum Gasteiger partial charge on any atom is -0.338 e. The zero-order chi connectivity index (χ0) is 13.8. The van der Waals surface area contributed by atoms with Gasteiger partial charge in [-0.25, -0.2) is 13.8 Å². The maximum absolute atomic E-state index is 13.5. The molecule has 0 bridgehead atoms. The van der Waals surface area contributed by atoms with Gasteiger partial charge in [0.25, 0.3) is 0 Å². The summed E-state index contributed by atoms with van der Waals surface area (Å²) in [7, 11) is 0. The fraction of sp³-hybridized carbons (Fsp3) is 0.0769. The van der Waals surface area contributed by atoms with Crippen LogP contribution in [-0.4, -0.2) is 11.2 Å². The van der Waals surface area contributed by atoms with Crippen LogP contribution in [0.1, 0.15) is 5.56 Å². The minimum atomic E-state index is -0.697. The molecule has 2 rings (SSSR count). The normalized spacial score (nSPS) is 10.0. The smallest absolute Gasteiger partial charge is 0.149 e. The molecular weight excluding hydrogens is 268 g/mol. The van der Waals surface area contributed by atoms with Crippen molar-refractivity contribution >= 4 is 23.3 Å². The van der Waals surface area contributed by atoms with Gasteiger partial charge in [0.1, 0.15) is 28.5 Å². The highest BCUT2D eigenvalue weighted by Gasteiger charge is 2.07. The fourth-order valence-electron chi connectivity index (χ4n) is 1.48. The quantitative estimate of drug-likeness (QED) is 0.869. The Bertz CT molecular complexity index is 653. The van der Waals surface area contributed by atoms with Crippen molar-refractivity contribution in [2.45, 2.75) is 5.03 Å². The molecule has 0 saturated heterocycles. The van der Waals surface area contributed by atoms with E-state index < -0.39 is 11.6 Å². The highest BCUT2D eigenvalue weighted by Crippen LogP contribution is 2.23. The maximum Gasteiger partial charge on any atom is 0.149 e. The van der Waals surface area contributed by atoms with Gasteiger partial charge in [0.2, 0.25) is 0 Å². The van der Waals surface area contributed by atoms with Crippen molar-refractivity contribution in [1.82, 2.24) is 4.98 Å². The number of benzene rings is 1. The number of nitrogens with zero attached hydrogens (tertiary/aromatic N) is 2. The van der Waals surface area contributed by atoms with Gasteiger partial charge >= 0.3 is 0 Å². The summed E-state index contributed by atoms with van der Waals surface area (Å²) in [4.78, 5) is 4.19. The molecule has 0 radical (unpaired) electrons. The molecule has 3 nitrogen and oxygen atoms in total. The third-order valence-corrected chi connectivity index (χ3v) is 3.07. The summed E-state index contributed by atoms with van der Waals surface area (Å²) in [6.45, 7) is 0. The van der Waals surface area contributed by atoms with Gasteiger partial charge in [-0.05, 0) is 30.5 Å². The van der Waals surface area contributed by atoms with Crippen molar-refractivity contribution in [2.75, 3.05) is 11.6 Å². The van der Waals surface area contributed by atoms with Gasteiger partial charge in [-0.3, -0.25) is 0 Å². The molecule has 0 saturated carbocycles. The van der Waals surface area contributed by atoms with Crippen molar-refractivity contribution in [3.8, 4) is 6.07 Å². The molecule has 0 aliphatic rings. The number of pyridine rings is 1. The molecule has 96 valence electrons. The highest BCUT2D eigenvalue weighted by molar-refractivity contribution is 7.98. The first-order valence-electron chi connectivity index (χ1n) is 5.31. The molecule has 1 N–H and O–H groups in total. The standard InChI is InChI=1S/C13H9F2N3S/c1-19-13-8(7-16)2-5-12(18-13)17-11-4-3-9(14)6-10(11)15/h2-6H,1H3,(H,17,18). The molecule has 2 aromatic rings. The second kappa shape index (κ2) is 5.67. The Morgan fingerprint density at radius 1 is 1.26 bits per heavy atom. The molecule has 1 aromatic heterocycles. The Morgan fingerprint density at radius 2 is 2.05 bits per heavy atom. The number of anilines is 2. The van der Waals surface area contributed by atoms with E-state index in [0.717, 1.165) is 12.1 Å². The van der Waals surface area contributed by atoms with E-state index in [2.05, 4.69) is 10.3 Å². The molecule has 0 amide bonds. The zero-order valence-electron chi connectivity index (χ0n) is 9.95. The van der Waals surface area contributed by atoms with Gasteiger partial charge < -0.3 is 5.32 Å². The average Bonchev–Trinajstić information content (AvgIpc) is 2.41. The molecule has 0 aliphatic carbocycles. The van der Waals surface area contributed by atoms with Crippen LogP contribution in [0.3, 0.4) is 0 Å². The van der Waals surface area contributed by atoms with E-state index in [-0.39, 0.29) is 5.69 Å². The van der Waals surface area contributed by atoms with Gasteiger partial charge in [0, 0.05) is 6.07 Å². The first-order chi connectivity index (χ1) is 9.13. The Labute approximate surface area is 113 Å². The molecule has 19 heavy (non-hydrogen) atoms. The Kier molecular flexibility index (Phi) is 3.97. The lowest BCUT2D eigenvalue weighted by Crippen LogP contribution is -1.98. The third-order valence-electron chi connectivity index (χ3n) is 2.37. The van der Waals surface area contributed by atoms with Crippen LogP contribution in [0.5, 0.6) is 0 Å². The van der Waals surface area contributed by atoms with Crippen LogP contribution in [0.25, 0.3) is 0 Å². The average molecular weight is 277 g/mol. The van der Waals surface area contributed by atoms with Crippen LogP contribution in [0.2, 0.25) is 0 Å². The summed E-state index contributed by atoms with van der Waals surface area (Å²) in [6.07, 6.45) is 1.80. The number of rotatable bonds is 3. The highest BCUT2D eigenvalue weighted by atomic mass is 32.2. The molecule has 6 heteroatoms. The van der Waals surface area contributed by atoms with Gasteiger partial charge in [0.05, 0.1) is 11.3 Å². The van der Waals surface area contributed by atoms with Crippen molar-refractivity contribution in [1.29, 1.82) is 5.26 Å². The van der Waals surface area contributed by atoms with Gasteiger partial charge in [-0.1, -0.05) is 0 Å². The Morgan fingerprint density at radius 3 is 2.68 bits per heavy atom. The minimum absolute atomic E-state index is 0.130. The molecule has 0 spiro atoms. The lowest BCUT2D eigenvalue weighted by atomic mass is 10.2. The Balaban J connectivity index is 2.31. The molecule has 0 atom stereocenters. The maximum atomic E-state index is 13.5.